The van der Waals surface area contributed by atoms with Crippen LogP contribution in [0.4, 0.5) is 4.79 Å². The van der Waals surface area contributed by atoms with Crippen molar-refractivity contribution in [3.63, 3.8) is 0 Å². The third-order valence-electron chi connectivity index (χ3n) is 5.62. The van der Waals surface area contributed by atoms with E-state index in [0.717, 1.165) is 24.2 Å². The SMILES string of the molecule is CC.CCCC.CCCCCNC(=O)OC(C)(C)C.Cc1cccc2c1C(=O)N(C1CCC(=O)NC1=O)C2=O. The van der Waals surface area contributed by atoms with Crippen molar-refractivity contribution >= 4 is 29.7 Å². The summed E-state index contributed by atoms with van der Waals surface area (Å²) in [5.41, 5.74) is 0.979. The zero-order chi connectivity index (χ0) is 30.2. The van der Waals surface area contributed by atoms with Crippen molar-refractivity contribution in [1.82, 2.24) is 15.5 Å². The van der Waals surface area contributed by atoms with Gasteiger partial charge in [-0.2, -0.15) is 0 Å². The molecule has 2 heterocycles. The smallest absolute Gasteiger partial charge is 0.407 e. The van der Waals surface area contributed by atoms with Gasteiger partial charge < -0.3 is 10.1 Å². The summed E-state index contributed by atoms with van der Waals surface area (Å²) in [6.07, 6.45) is 5.96. The maximum atomic E-state index is 12.4. The Hall–Kier alpha value is -3.23. The van der Waals surface area contributed by atoms with Crippen molar-refractivity contribution < 1.29 is 28.7 Å². The van der Waals surface area contributed by atoms with E-state index in [1.807, 2.05) is 34.6 Å². The molecule has 1 saturated heterocycles. The number of ether oxygens (including phenoxy) is 1. The molecule has 1 aromatic rings. The first kappa shape index (κ1) is 35.8. The molecule has 9 nitrogen and oxygen atoms in total. The summed E-state index contributed by atoms with van der Waals surface area (Å²) in [6.45, 7) is 18.5. The highest BCUT2D eigenvalue weighted by molar-refractivity contribution is 6.24. The van der Waals surface area contributed by atoms with E-state index in [0.29, 0.717) is 23.2 Å². The van der Waals surface area contributed by atoms with E-state index in [1.54, 1.807) is 25.1 Å². The first-order valence-electron chi connectivity index (χ1n) is 14.2. The number of carbonyl (C=O) groups is 5. The van der Waals surface area contributed by atoms with Crippen molar-refractivity contribution in [3.05, 3.63) is 34.9 Å². The van der Waals surface area contributed by atoms with Gasteiger partial charge in [-0.15, -0.1) is 0 Å². The van der Waals surface area contributed by atoms with E-state index in [9.17, 15) is 24.0 Å². The van der Waals surface area contributed by atoms with Crippen molar-refractivity contribution in [2.24, 2.45) is 0 Å². The van der Waals surface area contributed by atoms with Gasteiger partial charge in [0.1, 0.15) is 11.6 Å². The maximum absolute atomic E-state index is 12.4. The Morgan fingerprint density at radius 3 is 2.10 bits per heavy atom. The molecule has 39 heavy (non-hydrogen) atoms. The molecule has 0 bridgehead atoms. The number of hydrogen-bond acceptors (Lipinski definition) is 6. The highest BCUT2D eigenvalue weighted by atomic mass is 16.6. The van der Waals surface area contributed by atoms with Gasteiger partial charge in [-0.1, -0.05) is 72.4 Å². The number of nitrogens with one attached hydrogen (secondary N) is 2. The summed E-state index contributed by atoms with van der Waals surface area (Å²) in [5.74, 6) is -1.90. The maximum Gasteiger partial charge on any atom is 0.407 e. The van der Waals surface area contributed by atoms with Gasteiger partial charge in [-0.3, -0.25) is 29.4 Å². The van der Waals surface area contributed by atoms with E-state index in [-0.39, 0.29) is 24.8 Å². The van der Waals surface area contributed by atoms with Gasteiger partial charge in [0, 0.05) is 13.0 Å². The molecule has 1 atom stereocenters. The Balaban J connectivity index is 0.000000658. The summed E-state index contributed by atoms with van der Waals surface area (Å²) >= 11 is 0. The fraction of sp³-hybridized carbons (Fsp3) is 0.633. The van der Waals surface area contributed by atoms with Crippen LogP contribution in [0, 0.1) is 6.92 Å². The molecule has 0 saturated carbocycles. The van der Waals surface area contributed by atoms with Crippen LogP contribution in [-0.4, -0.2) is 52.8 Å². The number of piperidine rings is 1. The molecule has 0 spiro atoms. The van der Waals surface area contributed by atoms with Crippen LogP contribution in [0.3, 0.4) is 0 Å². The van der Waals surface area contributed by atoms with Gasteiger partial charge in [0.2, 0.25) is 11.8 Å². The topological polar surface area (TPSA) is 122 Å². The third kappa shape index (κ3) is 12.0. The first-order chi connectivity index (χ1) is 18.4. The van der Waals surface area contributed by atoms with Crippen molar-refractivity contribution in [2.75, 3.05) is 6.54 Å². The van der Waals surface area contributed by atoms with Crippen LogP contribution >= 0.6 is 0 Å². The predicted molar refractivity (Wildman–Crippen MR) is 154 cm³/mol. The molecule has 1 unspecified atom stereocenters. The van der Waals surface area contributed by atoms with Crippen LogP contribution in [0.2, 0.25) is 0 Å². The minimum Gasteiger partial charge on any atom is -0.444 e. The monoisotopic (exact) mass is 547 g/mol. The third-order valence-corrected chi connectivity index (χ3v) is 5.62. The molecule has 5 amide bonds. The number of imide groups is 2. The number of nitrogens with zero attached hydrogens (tertiary/aromatic N) is 1. The number of alkyl carbamates (subject to hydrolysis) is 1. The number of benzene rings is 1. The van der Waals surface area contributed by atoms with Gasteiger partial charge in [-0.05, 0) is 52.2 Å². The molecule has 3 rings (SSSR count). The van der Waals surface area contributed by atoms with Crippen molar-refractivity contribution in [2.45, 2.75) is 119 Å². The Kier molecular flexibility index (Phi) is 16.6. The molecule has 2 N–H and O–H groups in total. The lowest BCUT2D eigenvalue weighted by atomic mass is 10.0. The Morgan fingerprint density at radius 1 is 1.00 bits per heavy atom. The van der Waals surface area contributed by atoms with E-state index < -0.39 is 29.4 Å². The van der Waals surface area contributed by atoms with Gasteiger partial charge in [0.25, 0.3) is 11.8 Å². The molecule has 0 aliphatic carbocycles. The number of unbranched alkanes of at least 4 members (excludes halogenated alkanes) is 3. The summed E-state index contributed by atoms with van der Waals surface area (Å²) in [6, 6.07) is 4.12. The van der Waals surface area contributed by atoms with Gasteiger partial charge in [0.15, 0.2) is 0 Å². The normalized spacial score (nSPS) is 15.9. The molecule has 9 heteroatoms. The molecule has 1 fully saturated rings. The van der Waals surface area contributed by atoms with Crippen LogP contribution in [0.1, 0.15) is 127 Å². The van der Waals surface area contributed by atoms with E-state index >= 15 is 0 Å². The summed E-state index contributed by atoms with van der Waals surface area (Å²) in [4.78, 5) is 59.8. The van der Waals surface area contributed by atoms with Gasteiger partial charge >= 0.3 is 6.09 Å². The number of hydrogen-bond donors (Lipinski definition) is 2. The van der Waals surface area contributed by atoms with E-state index in [1.165, 1.54) is 12.8 Å². The van der Waals surface area contributed by atoms with Crippen LogP contribution in [0.5, 0.6) is 0 Å². The Labute approximate surface area is 234 Å². The predicted octanol–water partition coefficient (Wildman–Crippen LogP) is 5.93. The first-order valence-corrected chi connectivity index (χ1v) is 14.2. The lowest BCUT2D eigenvalue weighted by Gasteiger charge is -2.27. The lowest BCUT2D eigenvalue weighted by Crippen LogP contribution is -2.54. The fourth-order valence-electron chi connectivity index (χ4n) is 3.56. The van der Waals surface area contributed by atoms with Crippen LogP contribution in [0.25, 0.3) is 0 Å². The zero-order valence-electron chi connectivity index (χ0n) is 25.4. The molecule has 220 valence electrons. The lowest BCUT2D eigenvalue weighted by molar-refractivity contribution is -0.136. The minimum absolute atomic E-state index is 0.128. The quantitative estimate of drug-likeness (QED) is 0.336. The average Bonchev–Trinajstić information content (AvgIpc) is 3.13. The zero-order valence-corrected chi connectivity index (χ0v) is 25.4. The molecule has 2 aliphatic rings. The summed E-state index contributed by atoms with van der Waals surface area (Å²) < 4.78 is 5.07. The minimum atomic E-state index is -0.903. The van der Waals surface area contributed by atoms with E-state index in [4.69, 9.17) is 4.74 Å². The van der Waals surface area contributed by atoms with Crippen molar-refractivity contribution in [1.29, 1.82) is 0 Å². The Morgan fingerprint density at radius 2 is 1.62 bits per heavy atom. The molecule has 0 aromatic heterocycles. The highest BCUT2D eigenvalue weighted by Gasteiger charge is 2.45. The number of carbonyl (C=O) groups excluding carboxylic acids is 5. The Bertz CT molecular complexity index is 966. The summed E-state index contributed by atoms with van der Waals surface area (Å²) in [7, 11) is 0. The number of aryl methyl sites for hydroxylation is 1. The molecule has 2 aliphatic heterocycles. The second kappa shape index (κ2) is 18.1. The number of amides is 5. The number of fused-ring (bicyclic) bond motifs is 1. The summed E-state index contributed by atoms with van der Waals surface area (Å²) in [5, 5.41) is 4.88. The van der Waals surface area contributed by atoms with Gasteiger partial charge in [-0.25, -0.2) is 4.79 Å². The van der Waals surface area contributed by atoms with Crippen LogP contribution in [-0.2, 0) is 14.3 Å². The highest BCUT2D eigenvalue weighted by Crippen LogP contribution is 2.29. The van der Waals surface area contributed by atoms with Crippen LogP contribution < -0.4 is 10.6 Å². The van der Waals surface area contributed by atoms with E-state index in [2.05, 4.69) is 31.4 Å². The standard InChI is InChI=1S/C14H12N2O4.C10H21NO2.C4H10.C2H6/c1-7-3-2-4-8-11(7)14(20)16(13(8)19)9-5-6-10(17)15-12(9)18;1-5-6-7-8-11-9(12)13-10(2,3)4;1-3-4-2;1-2/h2-4,9H,5-6H2,1H3,(H,15,17,18);5-8H2,1-4H3,(H,11,12);3-4H2,1-2H3;1-2H3. The number of rotatable bonds is 6. The second-order valence-corrected chi connectivity index (χ2v) is 10.1. The fourth-order valence-corrected chi connectivity index (χ4v) is 3.56. The largest absolute Gasteiger partial charge is 0.444 e. The van der Waals surface area contributed by atoms with Gasteiger partial charge in [0.05, 0.1) is 11.1 Å². The average molecular weight is 548 g/mol. The molecular formula is C30H49N3O6. The van der Waals surface area contributed by atoms with Crippen molar-refractivity contribution in [3.8, 4) is 0 Å². The second-order valence-electron chi connectivity index (χ2n) is 10.1. The molecule has 0 radical (unpaired) electrons. The van der Waals surface area contributed by atoms with Crippen LogP contribution in [0.15, 0.2) is 18.2 Å². The molecular weight excluding hydrogens is 498 g/mol. The molecule has 1 aromatic carbocycles.